The Balaban J connectivity index is 1.60. The zero-order valence-corrected chi connectivity index (χ0v) is 22.0. The Hall–Kier alpha value is -2.93. The maximum atomic E-state index is 12.9. The molecule has 2 aliphatic carbocycles. The standard InChI is InChI=1S/C30H40N2O5/c1-4-19-16-21-17-20-10-8-9-13-25(35)31-15-14-24(34)28-29(36)27(30(37)32(28)3)23(33)12-7-5-6-11-22(20)26(21)18(19)2/h5-10,12-13,18-22,24,26,28,33-34H,4,11,14-17H2,1-3H3,(H,31,35)/b6-5+,10-8-,12-7+,13-9+,27-23-/t18-,19+,20+,21+,22+,24-,26+,28-/m0/s1. The molecule has 1 saturated heterocycles. The third kappa shape index (κ3) is 5.52. The number of carbonyl (C=O) groups excluding carboxylic acids is 3. The van der Waals surface area contributed by atoms with Crippen LogP contribution in [-0.4, -0.2) is 58.4 Å². The number of nitrogens with zero attached hydrogens (tertiary/aromatic N) is 1. The average Bonchev–Trinajstić information content (AvgIpc) is 3.43. The molecule has 2 bridgehead atoms. The first-order chi connectivity index (χ1) is 17.7. The third-order valence-corrected chi connectivity index (χ3v) is 9.10. The Morgan fingerprint density at radius 1 is 1.08 bits per heavy atom. The number of fused-ring (bicyclic) bond motifs is 5. The fraction of sp³-hybridized carbons (Fsp3) is 0.567. The number of ketones is 1. The van der Waals surface area contributed by atoms with E-state index in [1.54, 1.807) is 12.2 Å². The summed E-state index contributed by atoms with van der Waals surface area (Å²) >= 11 is 0. The van der Waals surface area contributed by atoms with Crippen molar-refractivity contribution in [1.29, 1.82) is 0 Å². The highest BCUT2D eigenvalue weighted by Crippen LogP contribution is 2.57. The summed E-state index contributed by atoms with van der Waals surface area (Å²) < 4.78 is 0. The van der Waals surface area contributed by atoms with Gasteiger partial charge in [0.05, 0.1) is 6.10 Å². The minimum absolute atomic E-state index is 0.0968. The summed E-state index contributed by atoms with van der Waals surface area (Å²) in [5.41, 5.74) is -0.313. The average molecular weight is 509 g/mol. The number of likely N-dealkylation sites (N-methyl/N-ethyl adjacent to an activating group) is 1. The van der Waals surface area contributed by atoms with Gasteiger partial charge in [-0.1, -0.05) is 56.7 Å². The van der Waals surface area contributed by atoms with Crippen molar-refractivity contribution in [2.75, 3.05) is 13.6 Å². The molecular formula is C30H40N2O5. The largest absolute Gasteiger partial charge is 0.507 e. The van der Waals surface area contributed by atoms with E-state index in [1.807, 2.05) is 12.2 Å². The molecule has 3 fully saturated rings. The number of Topliss-reactive ketones (excluding diaryl/α,β-unsaturated/α-hetero) is 1. The lowest BCUT2D eigenvalue weighted by molar-refractivity contribution is -0.128. The van der Waals surface area contributed by atoms with Gasteiger partial charge in [-0.15, -0.1) is 0 Å². The topological polar surface area (TPSA) is 107 Å². The summed E-state index contributed by atoms with van der Waals surface area (Å²) in [5, 5.41) is 23.8. The van der Waals surface area contributed by atoms with Crippen LogP contribution in [0, 0.1) is 35.5 Å². The van der Waals surface area contributed by atoms with Gasteiger partial charge in [-0.05, 0) is 67.3 Å². The Morgan fingerprint density at radius 2 is 1.84 bits per heavy atom. The molecule has 2 saturated carbocycles. The molecular weight excluding hydrogens is 468 g/mol. The van der Waals surface area contributed by atoms with Gasteiger partial charge in [0.2, 0.25) is 5.91 Å². The first-order valence-electron chi connectivity index (χ1n) is 13.6. The van der Waals surface area contributed by atoms with Crippen LogP contribution in [0.4, 0.5) is 0 Å². The fourth-order valence-corrected chi connectivity index (χ4v) is 7.25. The van der Waals surface area contributed by atoms with Gasteiger partial charge >= 0.3 is 0 Å². The van der Waals surface area contributed by atoms with Gasteiger partial charge in [0, 0.05) is 19.7 Å². The van der Waals surface area contributed by atoms with Crippen molar-refractivity contribution in [3.63, 3.8) is 0 Å². The molecule has 2 aliphatic heterocycles. The molecule has 2 amide bonds. The maximum absolute atomic E-state index is 12.9. The number of amides is 2. The van der Waals surface area contributed by atoms with Crippen molar-refractivity contribution in [1.82, 2.24) is 10.2 Å². The van der Waals surface area contributed by atoms with Crippen molar-refractivity contribution in [2.45, 2.75) is 58.1 Å². The van der Waals surface area contributed by atoms with E-state index in [0.717, 1.165) is 23.2 Å². The van der Waals surface area contributed by atoms with Crippen LogP contribution in [0.3, 0.4) is 0 Å². The van der Waals surface area contributed by atoms with Crippen molar-refractivity contribution in [3.05, 3.63) is 59.9 Å². The van der Waals surface area contributed by atoms with Crippen LogP contribution in [-0.2, 0) is 14.4 Å². The Morgan fingerprint density at radius 3 is 2.59 bits per heavy atom. The number of aliphatic hydroxyl groups is 2. The molecule has 4 aliphatic rings. The van der Waals surface area contributed by atoms with Crippen LogP contribution in [0.5, 0.6) is 0 Å². The van der Waals surface area contributed by atoms with E-state index in [4.69, 9.17) is 0 Å². The second-order valence-electron chi connectivity index (χ2n) is 11.1. The predicted molar refractivity (Wildman–Crippen MR) is 142 cm³/mol. The number of allylic oxidation sites excluding steroid dienone is 7. The zero-order valence-electron chi connectivity index (χ0n) is 22.0. The first-order valence-corrected chi connectivity index (χ1v) is 13.6. The SMILES string of the molecule is CC[C@@H]1C[C@@H]2C[C@H]3/C=C\C=C\C(=O)NCC[C@H](O)[C@H]4C(=O)\C(=C(O)/C=C/C=C/C[C@H]3[C@@H]2[C@H]1C)C(=O)N4C. The lowest BCUT2D eigenvalue weighted by Crippen LogP contribution is -2.43. The minimum atomic E-state index is -1.17. The van der Waals surface area contributed by atoms with Gasteiger partial charge < -0.3 is 20.4 Å². The monoisotopic (exact) mass is 508 g/mol. The second-order valence-corrected chi connectivity index (χ2v) is 11.1. The van der Waals surface area contributed by atoms with Crippen LogP contribution >= 0.6 is 0 Å². The van der Waals surface area contributed by atoms with E-state index >= 15 is 0 Å². The second kappa shape index (κ2) is 11.6. The Kier molecular flexibility index (Phi) is 8.53. The minimum Gasteiger partial charge on any atom is -0.507 e. The number of rotatable bonds is 1. The third-order valence-electron chi connectivity index (χ3n) is 9.10. The number of hydrogen-bond donors (Lipinski definition) is 3. The zero-order chi connectivity index (χ0) is 26.7. The summed E-state index contributed by atoms with van der Waals surface area (Å²) in [5.74, 6) is 1.89. The molecule has 2 heterocycles. The Bertz CT molecular complexity index is 1050. The molecule has 8 atom stereocenters. The molecule has 0 aromatic rings. The molecule has 0 spiro atoms. The van der Waals surface area contributed by atoms with Crippen molar-refractivity contribution in [2.24, 2.45) is 35.5 Å². The molecule has 4 rings (SSSR count). The van der Waals surface area contributed by atoms with E-state index in [0.29, 0.717) is 23.7 Å². The summed E-state index contributed by atoms with van der Waals surface area (Å²) in [6.45, 7) is 4.84. The van der Waals surface area contributed by atoms with E-state index in [2.05, 4.69) is 31.3 Å². The number of aliphatic hydroxyl groups excluding tert-OH is 2. The quantitative estimate of drug-likeness (QED) is 0.469. The van der Waals surface area contributed by atoms with Gasteiger partial charge in [-0.3, -0.25) is 14.4 Å². The summed E-state index contributed by atoms with van der Waals surface area (Å²) in [6.07, 6.45) is 18.0. The first kappa shape index (κ1) is 27.1. The molecule has 3 N–H and O–H groups in total. The molecule has 7 nitrogen and oxygen atoms in total. The smallest absolute Gasteiger partial charge is 0.261 e. The van der Waals surface area contributed by atoms with Gasteiger partial charge in [0.15, 0.2) is 5.78 Å². The van der Waals surface area contributed by atoms with Crippen LogP contribution in [0.2, 0.25) is 0 Å². The van der Waals surface area contributed by atoms with Crippen molar-refractivity contribution >= 4 is 17.6 Å². The molecule has 0 radical (unpaired) electrons. The molecule has 7 heteroatoms. The Labute approximate surface area is 219 Å². The lowest BCUT2D eigenvalue weighted by atomic mass is 9.78. The molecule has 0 aromatic heterocycles. The van der Waals surface area contributed by atoms with Gasteiger partial charge in [0.1, 0.15) is 17.4 Å². The van der Waals surface area contributed by atoms with Crippen LogP contribution in [0.15, 0.2) is 59.9 Å². The fourth-order valence-electron chi connectivity index (χ4n) is 7.25. The highest BCUT2D eigenvalue weighted by Gasteiger charge is 2.50. The van der Waals surface area contributed by atoms with Gasteiger partial charge in [-0.25, -0.2) is 0 Å². The summed E-state index contributed by atoms with van der Waals surface area (Å²) in [6, 6.07) is -1.10. The lowest BCUT2D eigenvalue weighted by Gasteiger charge is -2.27. The van der Waals surface area contributed by atoms with E-state index < -0.39 is 29.6 Å². The number of likely N-dealkylation sites (tertiary alicyclic amines) is 1. The maximum Gasteiger partial charge on any atom is 0.261 e. The van der Waals surface area contributed by atoms with Crippen LogP contribution < -0.4 is 5.32 Å². The number of carbonyl (C=O) groups is 3. The predicted octanol–water partition coefficient (Wildman–Crippen LogP) is 3.64. The normalized spacial score (nSPS) is 42.6. The molecule has 0 aromatic carbocycles. The molecule has 37 heavy (non-hydrogen) atoms. The van der Waals surface area contributed by atoms with Gasteiger partial charge in [-0.2, -0.15) is 0 Å². The molecule has 200 valence electrons. The highest BCUT2D eigenvalue weighted by molar-refractivity contribution is 6.27. The van der Waals surface area contributed by atoms with Crippen molar-refractivity contribution in [3.8, 4) is 0 Å². The summed E-state index contributed by atoms with van der Waals surface area (Å²) in [4.78, 5) is 39.0. The summed E-state index contributed by atoms with van der Waals surface area (Å²) in [7, 11) is 1.43. The number of hydrogen-bond acceptors (Lipinski definition) is 5. The van der Waals surface area contributed by atoms with E-state index in [9.17, 15) is 24.6 Å². The van der Waals surface area contributed by atoms with Crippen molar-refractivity contribution < 1.29 is 24.6 Å². The van der Waals surface area contributed by atoms with Gasteiger partial charge in [0.25, 0.3) is 5.91 Å². The van der Waals surface area contributed by atoms with E-state index in [1.165, 1.54) is 38.5 Å². The molecule has 0 unspecified atom stereocenters. The van der Waals surface area contributed by atoms with E-state index in [-0.39, 0.29) is 24.4 Å². The van der Waals surface area contributed by atoms with Crippen LogP contribution in [0.25, 0.3) is 0 Å². The number of nitrogens with one attached hydrogen (secondary N) is 1. The van der Waals surface area contributed by atoms with Crippen LogP contribution in [0.1, 0.15) is 46.0 Å². The highest BCUT2D eigenvalue weighted by atomic mass is 16.3.